The van der Waals surface area contributed by atoms with Crippen LogP contribution >= 0.6 is 0 Å². The molecule has 5 heteroatoms. The van der Waals surface area contributed by atoms with Crippen molar-refractivity contribution in [1.29, 1.82) is 0 Å². The van der Waals surface area contributed by atoms with Crippen LogP contribution in [-0.4, -0.2) is 41.4 Å². The Balaban J connectivity index is 1.51. The Bertz CT molecular complexity index is 796. The van der Waals surface area contributed by atoms with E-state index in [4.69, 9.17) is 4.74 Å². The number of carbonyl (C=O) groups is 2. The van der Waals surface area contributed by atoms with Gasteiger partial charge in [-0.05, 0) is 49.6 Å². The number of rotatable bonds is 5. The molecule has 0 aromatic heterocycles. The zero-order valence-corrected chi connectivity index (χ0v) is 14.9. The van der Waals surface area contributed by atoms with Crippen molar-refractivity contribution < 1.29 is 14.3 Å². The van der Waals surface area contributed by atoms with Gasteiger partial charge >= 0.3 is 0 Å². The molecule has 2 aliphatic heterocycles. The summed E-state index contributed by atoms with van der Waals surface area (Å²) in [6.07, 6.45) is 2.08. The predicted octanol–water partition coefficient (Wildman–Crippen LogP) is 3.48. The number of carbonyl (C=O) groups excluding carboxylic acids is 2. The Kier molecular flexibility index (Phi) is 4.47. The van der Waals surface area contributed by atoms with Crippen molar-refractivity contribution in [2.24, 2.45) is 0 Å². The highest BCUT2D eigenvalue weighted by Crippen LogP contribution is 2.34. The van der Waals surface area contributed by atoms with Crippen LogP contribution in [0.3, 0.4) is 0 Å². The smallest absolute Gasteiger partial charge is 0.262 e. The summed E-state index contributed by atoms with van der Waals surface area (Å²) in [5, 5.41) is 0. The molecule has 0 saturated carbocycles. The first kappa shape index (κ1) is 16.8. The van der Waals surface area contributed by atoms with Gasteiger partial charge in [0.2, 0.25) is 0 Å². The maximum Gasteiger partial charge on any atom is 0.262 e. The Morgan fingerprint density at radius 1 is 1.00 bits per heavy atom. The summed E-state index contributed by atoms with van der Waals surface area (Å²) < 4.78 is 5.51. The van der Waals surface area contributed by atoms with Gasteiger partial charge in [-0.3, -0.25) is 19.4 Å². The summed E-state index contributed by atoms with van der Waals surface area (Å²) in [4.78, 5) is 28.8. The standard InChI is InChI=1S/C21H22N2O3/c1-2-26-16-11-9-15(10-12-16)19-8-5-13-22(19)14-23-20(24)17-6-3-4-7-18(17)21(23)25/h3-4,6-7,9-12,19H,2,5,8,13-14H2,1H3/t19-/m1/s1. The third kappa shape index (κ3) is 2.88. The summed E-state index contributed by atoms with van der Waals surface area (Å²) in [7, 11) is 0. The van der Waals surface area contributed by atoms with Crippen LogP contribution in [0.4, 0.5) is 0 Å². The van der Waals surface area contributed by atoms with E-state index in [2.05, 4.69) is 17.0 Å². The van der Waals surface area contributed by atoms with Gasteiger partial charge in [0.15, 0.2) is 0 Å². The van der Waals surface area contributed by atoms with Gasteiger partial charge in [-0.1, -0.05) is 24.3 Å². The fourth-order valence-corrected chi connectivity index (χ4v) is 3.87. The van der Waals surface area contributed by atoms with E-state index in [1.807, 2.05) is 19.1 Å². The molecule has 2 aromatic carbocycles. The molecule has 1 atom stereocenters. The van der Waals surface area contributed by atoms with Gasteiger partial charge in [0.25, 0.3) is 11.8 Å². The van der Waals surface area contributed by atoms with Crippen molar-refractivity contribution in [1.82, 2.24) is 9.80 Å². The highest BCUT2D eigenvalue weighted by Gasteiger charge is 2.38. The lowest BCUT2D eigenvalue weighted by molar-refractivity contribution is 0.0526. The molecule has 1 saturated heterocycles. The zero-order valence-electron chi connectivity index (χ0n) is 14.9. The highest BCUT2D eigenvalue weighted by atomic mass is 16.5. The number of hydrogen-bond acceptors (Lipinski definition) is 4. The fourth-order valence-electron chi connectivity index (χ4n) is 3.87. The third-order valence-electron chi connectivity index (χ3n) is 5.14. The Labute approximate surface area is 153 Å². The van der Waals surface area contributed by atoms with Gasteiger partial charge in [0.05, 0.1) is 24.4 Å². The maximum absolute atomic E-state index is 12.6. The quantitative estimate of drug-likeness (QED) is 0.775. The molecule has 2 aliphatic rings. The molecule has 0 aliphatic carbocycles. The summed E-state index contributed by atoms with van der Waals surface area (Å²) in [5.74, 6) is 0.479. The molecule has 5 nitrogen and oxygen atoms in total. The van der Waals surface area contributed by atoms with Gasteiger partial charge in [-0.2, -0.15) is 0 Å². The number of ether oxygens (including phenoxy) is 1. The second-order valence-corrected chi connectivity index (χ2v) is 6.70. The molecule has 0 unspecified atom stereocenters. The number of amides is 2. The van der Waals surface area contributed by atoms with Crippen LogP contribution in [0, 0.1) is 0 Å². The predicted molar refractivity (Wildman–Crippen MR) is 98.1 cm³/mol. The maximum atomic E-state index is 12.6. The van der Waals surface area contributed by atoms with E-state index in [1.54, 1.807) is 24.3 Å². The first-order valence-corrected chi connectivity index (χ1v) is 9.11. The van der Waals surface area contributed by atoms with Crippen molar-refractivity contribution >= 4 is 11.8 Å². The number of fused-ring (bicyclic) bond motifs is 1. The van der Waals surface area contributed by atoms with Crippen LogP contribution in [0.1, 0.15) is 52.1 Å². The lowest BCUT2D eigenvalue weighted by Gasteiger charge is -2.28. The molecule has 2 aromatic rings. The fraction of sp³-hybridized carbons (Fsp3) is 0.333. The van der Waals surface area contributed by atoms with Gasteiger partial charge < -0.3 is 4.74 Å². The number of likely N-dealkylation sites (tertiary alicyclic amines) is 1. The molecule has 0 radical (unpaired) electrons. The van der Waals surface area contributed by atoms with Crippen LogP contribution in [0.25, 0.3) is 0 Å². The second-order valence-electron chi connectivity index (χ2n) is 6.70. The minimum atomic E-state index is -0.192. The molecular formula is C21H22N2O3. The summed E-state index contributed by atoms with van der Waals surface area (Å²) in [5.41, 5.74) is 2.21. The molecule has 0 N–H and O–H groups in total. The van der Waals surface area contributed by atoms with Crippen LogP contribution < -0.4 is 4.74 Å². The Morgan fingerprint density at radius 2 is 1.65 bits per heavy atom. The van der Waals surface area contributed by atoms with Crippen LogP contribution in [0.5, 0.6) is 5.75 Å². The van der Waals surface area contributed by atoms with Crippen LogP contribution in [-0.2, 0) is 0 Å². The summed E-state index contributed by atoms with van der Waals surface area (Å²) in [6.45, 7) is 3.83. The third-order valence-corrected chi connectivity index (χ3v) is 5.14. The lowest BCUT2D eigenvalue weighted by Crippen LogP contribution is -2.40. The molecule has 0 spiro atoms. The van der Waals surface area contributed by atoms with Crippen molar-refractivity contribution in [3.8, 4) is 5.75 Å². The average Bonchev–Trinajstić information content (AvgIpc) is 3.22. The molecule has 134 valence electrons. The van der Waals surface area contributed by atoms with Gasteiger partial charge in [0, 0.05) is 12.6 Å². The van der Waals surface area contributed by atoms with E-state index >= 15 is 0 Å². The number of benzene rings is 2. The van der Waals surface area contributed by atoms with Crippen molar-refractivity contribution in [2.45, 2.75) is 25.8 Å². The summed E-state index contributed by atoms with van der Waals surface area (Å²) in [6, 6.07) is 15.4. The summed E-state index contributed by atoms with van der Waals surface area (Å²) >= 11 is 0. The highest BCUT2D eigenvalue weighted by molar-refractivity contribution is 6.21. The molecule has 2 heterocycles. The van der Waals surface area contributed by atoms with Crippen LogP contribution in [0.2, 0.25) is 0 Å². The Morgan fingerprint density at radius 3 is 2.27 bits per heavy atom. The number of imide groups is 1. The molecule has 4 rings (SSSR count). The molecule has 1 fully saturated rings. The monoisotopic (exact) mass is 350 g/mol. The average molecular weight is 350 g/mol. The van der Waals surface area contributed by atoms with E-state index in [9.17, 15) is 9.59 Å². The Hall–Kier alpha value is -2.66. The van der Waals surface area contributed by atoms with E-state index < -0.39 is 0 Å². The largest absolute Gasteiger partial charge is 0.494 e. The zero-order chi connectivity index (χ0) is 18.1. The van der Waals surface area contributed by atoms with Gasteiger partial charge in [-0.15, -0.1) is 0 Å². The minimum Gasteiger partial charge on any atom is -0.494 e. The van der Waals surface area contributed by atoms with Crippen molar-refractivity contribution in [2.75, 3.05) is 19.8 Å². The SMILES string of the molecule is CCOc1ccc([C@H]2CCCN2CN2C(=O)c3ccccc3C2=O)cc1. The lowest BCUT2D eigenvalue weighted by atomic mass is 10.0. The minimum absolute atomic E-state index is 0.192. The normalized spacial score (nSPS) is 19.9. The van der Waals surface area contributed by atoms with E-state index in [1.165, 1.54) is 10.5 Å². The van der Waals surface area contributed by atoms with Crippen LogP contribution in [0.15, 0.2) is 48.5 Å². The number of nitrogens with zero attached hydrogens (tertiary/aromatic N) is 2. The van der Waals surface area contributed by atoms with E-state index in [0.29, 0.717) is 24.4 Å². The first-order valence-electron chi connectivity index (χ1n) is 9.11. The molecule has 26 heavy (non-hydrogen) atoms. The van der Waals surface area contributed by atoms with E-state index in [0.717, 1.165) is 25.1 Å². The van der Waals surface area contributed by atoms with Crippen molar-refractivity contribution in [3.63, 3.8) is 0 Å². The first-order chi connectivity index (χ1) is 12.7. The number of hydrogen-bond donors (Lipinski definition) is 0. The van der Waals surface area contributed by atoms with Crippen molar-refractivity contribution in [3.05, 3.63) is 65.2 Å². The molecule has 2 amide bonds. The molecular weight excluding hydrogens is 328 g/mol. The molecule has 0 bridgehead atoms. The second kappa shape index (κ2) is 6.92. The van der Waals surface area contributed by atoms with Gasteiger partial charge in [0.1, 0.15) is 5.75 Å². The topological polar surface area (TPSA) is 49.9 Å². The van der Waals surface area contributed by atoms with E-state index in [-0.39, 0.29) is 17.9 Å². The van der Waals surface area contributed by atoms with Gasteiger partial charge in [-0.25, -0.2) is 0 Å².